The van der Waals surface area contributed by atoms with Crippen LogP contribution in [0.15, 0.2) is 78.6 Å². The summed E-state index contributed by atoms with van der Waals surface area (Å²) in [6.07, 6.45) is 1.38. The lowest BCUT2D eigenvalue weighted by molar-refractivity contribution is -0.132. The van der Waals surface area contributed by atoms with Gasteiger partial charge in [-0.25, -0.2) is 4.39 Å². The van der Waals surface area contributed by atoms with Crippen LogP contribution in [-0.4, -0.2) is 48.9 Å². The predicted molar refractivity (Wildman–Crippen MR) is 138 cm³/mol. The third-order valence-electron chi connectivity index (χ3n) is 6.63. The molecule has 1 fully saturated rings. The summed E-state index contributed by atoms with van der Waals surface area (Å²) in [5.74, 6) is -0.643. The Kier molecular flexibility index (Phi) is 6.46. The summed E-state index contributed by atoms with van der Waals surface area (Å²) in [7, 11) is 0. The molecule has 36 heavy (non-hydrogen) atoms. The van der Waals surface area contributed by atoms with E-state index in [4.69, 9.17) is 4.74 Å². The van der Waals surface area contributed by atoms with E-state index in [1.807, 2.05) is 11.0 Å². The van der Waals surface area contributed by atoms with Gasteiger partial charge < -0.3 is 14.5 Å². The number of para-hydroxylation sites is 2. The molecular formula is C29H28FN3O3. The van der Waals surface area contributed by atoms with Crippen LogP contribution in [0.5, 0.6) is 5.75 Å². The van der Waals surface area contributed by atoms with Gasteiger partial charge in [-0.15, -0.1) is 0 Å². The molecule has 5 rings (SSSR count). The van der Waals surface area contributed by atoms with E-state index in [2.05, 4.69) is 36.9 Å². The number of hydrogen-bond acceptors (Lipinski definition) is 4. The maximum Gasteiger partial charge on any atom is 0.294 e. The number of carbonyl (C=O) groups excluding carboxylic acids is 2. The summed E-state index contributed by atoms with van der Waals surface area (Å²) in [4.78, 5) is 32.3. The van der Waals surface area contributed by atoms with E-state index in [0.29, 0.717) is 31.1 Å². The van der Waals surface area contributed by atoms with Crippen molar-refractivity contribution in [3.63, 3.8) is 0 Å². The first kappa shape index (κ1) is 23.6. The highest BCUT2D eigenvalue weighted by Crippen LogP contribution is 2.36. The van der Waals surface area contributed by atoms with Gasteiger partial charge in [-0.3, -0.25) is 14.5 Å². The van der Waals surface area contributed by atoms with E-state index in [1.54, 1.807) is 42.5 Å². The van der Waals surface area contributed by atoms with E-state index in [0.717, 1.165) is 5.69 Å². The second-order valence-electron chi connectivity index (χ2n) is 9.21. The first-order valence-corrected chi connectivity index (χ1v) is 12.1. The average Bonchev–Trinajstić information content (AvgIpc) is 2.87. The summed E-state index contributed by atoms with van der Waals surface area (Å²) in [6, 6.07) is 21.7. The van der Waals surface area contributed by atoms with Crippen molar-refractivity contribution in [3.8, 4) is 5.75 Å². The number of nitrogens with zero attached hydrogens (tertiary/aromatic N) is 3. The highest BCUT2D eigenvalue weighted by atomic mass is 19.1. The number of benzene rings is 3. The van der Waals surface area contributed by atoms with Gasteiger partial charge in [-0.05, 0) is 55.8 Å². The van der Waals surface area contributed by atoms with Crippen LogP contribution in [0.4, 0.5) is 15.8 Å². The Morgan fingerprint density at radius 2 is 1.83 bits per heavy atom. The Balaban J connectivity index is 1.35. The fourth-order valence-corrected chi connectivity index (χ4v) is 4.76. The Labute approximate surface area is 210 Å². The summed E-state index contributed by atoms with van der Waals surface area (Å²) < 4.78 is 20.1. The van der Waals surface area contributed by atoms with Gasteiger partial charge in [0.1, 0.15) is 12.4 Å². The van der Waals surface area contributed by atoms with Crippen molar-refractivity contribution in [2.75, 3.05) is 36.0 Å². The minimum atomic E-state index is -0.475. The minimum absolute atomic E-state index is 0.0239. The quantitative estimate of drug-likeness (QED) is 0.506. The predicted octanol–water partition coefficient (Wildman–Crippen LogP) is 4.64. The number of anilines is 2. The maximum atomic E-state index is 14.2. The van der Waals surface area contributed by atoms with Gasteiger partial charge in [0.2, 0.25) is 5.91 Å². The summed E-state index contributed by atoms with van der Waals surface area (Å²) in [5.41, 5.74) is 3.11. The van der Waals surface area contributed by atoms with Gasteiger partial charge in [-0.1, -0.05) is 42.5 Å². The molecule has 1 atom stereocenters. The fraction of sp³-hybridized carbons (Fsp3) is 0.241. The zero-order valence-corrected chi connectivity index (χ0v) is 20.4. The number of aryl methyl sites for hydroxylation is 1. The lowest BCUT2D eigenvalue weighted by Crippen LogP contribution is -2.56. The van der Waals surface area contributed by atoms with Gasteiger partial charge in [0.15, 0.2) is 11.5 Å². The van der Waals surface area contributed by atoms with Crippen LogP contribution >= 0.6 is 0 Å². The molecule has 3 aromatic rings. The minimum Gasteiger partial charge on any atom is -0.449 e. The first-order chi connectivity index (χ1) is 17.4. The van der Waals surface area contributed by atoms with Crippen molar-refractivity contribution in [2.24, 2.45) is 0 Å². The molecule has 0 aromatic heterocycles. The molecule has 0 bridgehead atoms. The third-order valence-corrected chi connectivity index (χ3v) is 6.63. The highest BCUT2D eigenvalue weighted by molar-refractivity contribution is 6.12. The maximum absolute atomic E-state index is 14.2. The summed E-state index contributed by atoms with van der Waals surface area (Å²) >= 11 is 0. The molecule has 2 aliphatic rings. The molecule has 0 saturated carbocycles. The highest BCUT2D eigenvalue weighted by Gasteiger charge is 2.34. The Bertz CT molecular complexity index is 1340. The largest absolute Gasteiger partial charge is 0.449 e. The standard InChI is InChI=1S/C29H28FN3O3/c1-20-8-7-10-23(16-20)32-15-14-31(18-21(32)2)28(34)19-33-25-12-5-6-13-26(25)36-27(29(33)35)17-22-9-3-4-11-24(22)30/h3-13,16-17,21H,14-15,18-19H2,1-2H3/b27-17+/t21-/m1/s1. The number of rotatable bonds is 4. The first-order valence-electron chi connectivity index (χ1n) is 12.1. The normalized spacial score (nSPS) is 18.8. The summed E-state index contributed by atoms with van der Waals surface area (Å²) in [5, 5.41) is 0. The molecule has 3 aromatic carbocycles. The Morgan fingerprint density at radius 3 is 2.61 bits per heavy atom. The van der Waals surface area contributed by atoms with Gasteiger partial charge in [0, 0.05) is 36.9 Å². The van der Waals surface area contributed by atoms with E-state index in [9.17, 15) is 14.0 Å². The lowest BCUT2D eigenvalue weighted by atomic mass is 10.1. The van der Waals surface area contributed by atoms with Gasteiger partial charge in [0.25, 0.3) is 5.91 Å². The Hall–Kier alpha value is -4.13. The molecule has 184 valence electrons. The number of hydrogen-bond donors (Lipinski definition) is 0. The number of fused-ring (bicyclic) bond motifs is 1. The van der Waals surface area contributed by atoms with Crippen molar-refractivity contribution in [3.05, 3.63) is 95.5 Å². The van der Waals surface area contributed by atoms with E-state index in [1.165, 1.54) is 22.6 Å². The molecule has 7 heteroatoms. The smallest absolute Gasteiger partial charge is 0.294 e. The van der Waals surface area contributed by atoms with Gasteiger partial charge in [-0.2, -0.15) is 0 Å². The molecule has 0 N–H and O–H groups in total. The molecule has 0 aliphatic carbocycles. The molecule has 0 radical (unpaired) electrons. The fourth-order valence-electron chi connectivity index (χ4n) is 4.76. The van der Waals surface area contributed by atoms with Crippen LogP contribution < -0.4 is 14.5 Å². The van der Waals surface area contributed by atoms with Crippen LogP contribution in [0, 0.1) is 12.7 Å². The third kappa shape index (κ3) is 4.69. The molecule has 2 aliphatic heterocycles. The van der Waals surface area contributed by atoms with Crippen molar-refractivity contribution in [1.82, 2.24) is 4.90 Å². The molecule has 2 heterocycles. The van der Waals surface area contributed by atoms with Gasteiger partial charge >= 0.3 is 0 Å². The van der Waals surface area contributed by atoms with Crippen molar-refractivity contribution < 1.29 is 18.7 Å². The van der Waals surface area contributed by atoms with E-state index in [-0.39, 0.29) is 29.8 Å². The zero-order valence-electron chi connectivity index (χ0n) is 20.4. The van der Waals surface area contributed by atoms with Crippen LogP contribution in [0.2, 0.25) is 0 Å². The molecule has 0 unspecified atom stereocenters. The number of ether oxygens (including phenoxy) is 1. The second-order valence-corrected chi connectivity index (χ2v) is 9.21. The lowest BCUT2D eigenvalue weighted by Gasteiger charge is -2.42. The monoisotopic (exact) mass is 485 g/mol. The van der Waals surface area contributed by atoms with Crippen LogP contribution in [-0.2, 0) is 9.59 Å². The topological polar surface area (TPSA) is 53.1 Å². The number of halogens is 1. The van der Waals surface area contributed by atoms with E-state index >= 15 is 0 Å². The van der Waals surface area contributed by atoms with Gasteiger partial charge in [0.05, 0.1) is 5.69 Å². The molecule has 0 spiro atoms. The molecular weight excluding hydrogens is 457 g/mol. The van der Waals surface area contributed by atoms with Crippen LogP contribution in [0.3, 0.4) is 0 Å². The van der Waals surface area contributed by atoms with Crippen LogP contribution in [0.25, 0.3) is 6.08 Å². The van der Waals surface area contributed by atoms with E-state index < -0.39 is 11.7 Å². The summed E-state index contributed by atoms with van der Waals surface area (Å²) in [6.45, 7) is 5.89. The molecule has 6 nitrogen and oxygen atoms in total. The van der Waals surface area contributed by atoms with Crippen LogP contribution in [0.1, 0.15) is 18.1 Å². The average molecular weight is 486 g/mol. The SMILES string of the molecule is Cc1cccc(N2CCN(C(=O)CN3C(=O)/C(=C\c4ccccc4F)Oc4ccccc43)C[C@H]2C)c1. The number of piperazine rings is 1. The number of amides is 2. The van der Waals surface area contributed by atoms with Crippen molar-refractivity contribution in [2.45, 2.75) is 19.9 Å². The molecule has 1 saturated heterocycles. The Morgan fingerprint density at radius 1 is 1.06 bits per heavy atom. The molecule has 2 amide bonds. The zero-order chi connectivity index (χ0) is 25.2. The van der Waals surface area contributed by atoms with Crippen molar-refractivity contribution >= 4 is 29.3 Å². The second kappa shape index (κ2) is 9.85. The van der Waals surface area contributed by atoms with Crippen molar-refractivity contribution in [1.29, 1.82) is 0 Å². The number of carbonyl (C=O) groups is 2.